The zero-order valence-corrected chi connectivity index (χ0v) is 16.6. The zero-order chi connectivity index (χ0) is 18.7. The normalized spacial score (nSPS) is 14.0. The van der Waals surface area contributed by atoms with Gasteiger partial charge in [0.2, 0.25) is 0 Å². The Morgan fingerprint density at radius 1 is 0.704 bits per heavy atom. The second-order valence-corrected chi connectivity index (χ2v) is 7.88. The first-order valence-electron chi connectivity index (χ1n) is 10.5. The summed E-state index contributed by atoms with van der Waals surface area (Å²) in [5.74, 6) is 0. The second kappa shape index (κ2) is 7.72. The van der Waals surface area contributed by atoms with Gasteiger partial charge in [0.25, 0.3) is 0 Å². The lowest BCUT2D eigenvalue weighted by Crippen LogP contribution is -2.25. The third kappa shape index (κ3) is 3.12. The van der Waals surface area contributed by atoms with Crippen LogP contribution in [0.5, 0.6) is 0 Å². The molecule has 0 aliphatic heterocycles. The summed E-state index contributed by atoms with van der Waals surface area (Å²) >= 11 is 0. The molecule has 0 spiro atoms. The third-order valence-corrected chi connectivity index (χ3v) is 6.23. The molecule has 137 valence electrons. The molecule has 1 radical (unpaired) electrons. The molecule has 0 nitrogen and oxygen atoms in total. The molecule has 0 saturated carbocycles. The second-order valence-electron chi connectivity index (χ2n) is 7.88. The smallest absolute Gasteiger partial charge is 0.0215 e. The van der Waals surface area contributed by atoms with Gasteiger partial charge in [-0.1, -0.05) is 100 Å². The maximum Gasteiger partial charge on any atom is 0.0215 e. The van der Waals surface area contributed by atoms with Gasteiger partial charge in [0, 0.05) is 5.41 Å². The van der Waals surface area contributed by atoms with Gasteiger partial charge in [0.15, 0.2) is 0 Å². The van der Waals surface area contributed by atoms with E-state index in [0.29, 0.717) is 0 Å². The van der Waals surface area contributed by atoms with Gasteiger partial charge >= 0.3 is 0 Å². The van der Waals surface area contributed by atoms with Gasteiger partial charge in [-0.2, -0.15) is 0 Å². The molecule has 0 aromatic heterocycles. The first-order chi connectivity index (χ1) is 13.3. The van der Waals surface area contributed by atoms with Crippen LogP contribution in [-0.2, 0) is 5.41 Å². The molecule has 0 amide bonds. The van der Waals surface area contributed by atoms with E-state index in [1.54, 1.807) is 11.1 Å². The predicted octanol–water partition coefficient (Wildman–Crippen LogP) is 7.80. The van der Waals surface area contributed by atoms with Crippen LogP contribution in [0.15, 0.2) is 66.7 Å². The zero-order valence-electron chi connectivity index (χ0n) is 16.6. The number of fused-ring (bicyclic) bond motifs is 3. The van der Waals surface area contributed by atoms with Crippen LogP contribution in [0.3, 0.4) is 0 Å². The Labute approximate surface area is 164 Å². The summed E-state index contributed by atoms with van der Waals surface area (Å²) in [5.41, 5.74) is 8.79. The molecule has 0 heteroatoms. The van der Waals surface area contributed by atoms with Crippen molar-refractivity contribution in [3.05, 3.63) is 83.9 Å². The molecule has 0 saturated heterocycles. The standard InChI is InChI=1S/C27H29/c1-3-5-18-27(19-6-4-2)25-15-11-10-14-23(25)24-17-16-22(20-26(24)27)21-12-8-7-9-13-21/h8-17,20H,3-6,18-19H2,1-2H3. The fourth-order valence-electron chi connectivity index (χ4n) is 4.84. The molecular formula is C27H29. The lowest BCUT2D eigenvalue weighted by Gasteiger charge is -2.33. The lowest BCUT2D eigenvalue weighted by atomic mass is 9.70. The Bertz CT molecular complexity index is 896. The van der Waals surface area contributed by atoms with E-state index < -0.39 is 0 Å². The van der Waals surface area contributed by atoms with Crippen LogP contribution in [0.1, 0.15) is 63.5 Å². The third-order valence-electron chi connectivity index (χ3n) is 6.23. The molecule has 27 heavy (non-hydrogen) atoms. The van der Waals surface area contributed by atoms with Crippen LogP contribution in [0.2, 0.25) is 0 Å². The van der Waals surface area contributed by atoms with Gasteiger partial charge in [-0.3, -0.25) is 0 Å². The minimum atomic E-state index is 0.175. The van der Waals surface area contributed by atoms with Crippen molar-refractivity contribution in [2.24, 2.45) is 0 Å². The molecule has 0 heterocycles. The Hall–Kier alpha value is -2.34. The van der Waals surface area contributed by atoms with Crippen molar-refractivity contribution in [1.82, 2.24) is 0 Å². The van der Waals surface area contributed by atoms with Gasteiger partial charge in [-0.05, 0) is 58.4 Å². The SMILES string of the molecule is CCCCC1(CCCC)c2ccccc2-c2ccc(-c3cc[c]cc3)cc21. The van der Waals surface area contributed by atoms with Crippen LogP contribution in [0, 0.1) is 6.07 Å². The van der Waals surface area contributed by atoms with Crippen molar-refractivity contribution in [2.45, 2.75) is 57.8 Å². The van der Waals surface area contributed by atoms with E-state index in [-0.39, 0.29) is 5.41 Å². The van der Waals surface area contributed by atoms with Gasteiger partial charge in [-0.15, -0.1) is 0 Å². The summed E-state index contributed by atoms with van der Waals surface area (Å²) in [4.78, 5) is 0. The largest absolute Gasteiger partial charge is 0.0654 e. The fourth-order valence-corrected chi connectivity index (χ4v) is 4.84. The van der Waals surface area contributed by atoms with E-state index >= 15 is 0 Å². The number of hydrogen-bond acceptors (Lipinski definition) is 0. The highest BCUT2D eigenvalue weighted by Crippen LogP contribution is 2.54. The number of benzene rings is 3. The van der Waals surface area contributed by atoms with Gasteiger partial charge in [0.05, 0.1) is 0 Å². The van der Waals surface area contributed by atoms with E-state index in [1.807, 2.05) is 12.1 Å². The lowest BCUT2D eigenvalue weighted by molar-refractivity contribution is 0.414. The van der Waals surface area contributed by atoms with E-state index in [4.69, 9.17) is 0 Å². The van der Waals surface area contributed by atoms with Crippen molar-refractivity contribution < 1.29 is 0 Å². The summed E-state index contributed by atoms with van der Waals surface area (Å²) in [6.07, 6.45) is 7.56. The minimum Gasteiger partial charge on any atom is -0.0654 e. The molecule has 3 aromatic rings. The molecule has 1 aliphatic rings. The van der Waals surface area contributed by atoms with Crippen molar-refractivity contribution in [3.63, 3.8) is 0 Å². The quantitative estimate of drug-likeness (QED) is 0.406. The van der Waals surface area contributed by atoms with Gasteiger partial charge in [0.1, 0.15) is 0 Å². The summed E-state index contributed by atoms with van der Waals surface area (Å²) in [6, 6.07) is 27.8. The molecule has 1 aliphatic carbocycles. The van der Waals surface area contributed by atoms with Crippen molar-refractivity contribution in [1.29, 1.82) is 0 Å². The maximum atomic E-state index is 3.14. The number of unbranched alkanes of at least 4 members (excludes halogenated alkanes) is 2. The molecular weight excluding hydrogens is 324 g/mol. The van der Waals surface area contributed by atoms with Crippen molar-refractivity contribution >= 4 is 0 Å². The van der Waals surface area contributed by atoms with Crippen molar-refractivity contribution in [3.8, 4) is 22.3 Å². The van der Waals surface area contributed by atoms with E-state index in [0.717, 1.165) is 0 Å². The van der Waals surface area contributed by atoms with E-state index in [9.17, 15) is 0 Å². The highest BCUT2D eigenvalue weighted by molar-refractivity contribution is 5.83. The molecule has 0 bridgehead atoms. The first kappa shape index (κ1) is 18.0. The summed E-state index contributed by atoms with van der Waals surface area (Å²) in [5, 5.41) is 0. The highest BCUT2D eigenvalue weighted by Gasteiger charge is 2.41. The predicted molar refractivity (Wildman–Crippen MR) is 116 cm³/mol. The fraction of sp³-hybridized carbons (Fsp3) is 0.333. The molecule has 0 fully saturated rings. The average Bonchev–Trinajstić information content (AvgIpc) is 3.01. The van der Waals surface area contributed by atoms with Crippen LogP contribution >= 0.6 is 0 Å². The molecule has 0 N–H and O–H groups in total. The van der Waals surface area contributed by atoms with Crippen LogP contribution in [-0.4, -0.2) is 0 Å². The van der Waals surface area contributed by atoms with Gasteiger partial charge in [-0.25, -0.2) is 0 Å². The first-order valence-corrected chi connectivity index (χ1v) is 10.5. The van der Waals surface area contributed by atoms with E-state index in [1.165, 1.54) is 60.8 Å². The molecule has 3 aromatic carbocycles. The number of rotatable bonds is 7. The van der Waals surface area contributed by atoms with Crippen LogP contribution in [0.4, 0.5) is 0 Å². The highest BCUT2D eigenvalue weighted by atomic mass is 14.4. The Morgan fingerprint density at radius 2 is 1.37 bits per heavy atom. The summed E-state index contributed by atoms with van der Waals surface area (Å²) in [7, 11) is 0. The minimum absolute atomic E-state index is 0.175. The molecule has 0 unspecified atom stereocenters. The molecule has 0 atom stereocenters. The number of hydrogen-bond donors (Lipinski definition) is 0. The monoisotopic (exact) mass is 353 g/mol. The Balaban J connectivity index is 1.90. The summed E-state index contributed by atoms with van der Waals surface area (Å²) < 4.78 is 0. The van der Waals surface area contributed by atoms with Crippen LogP contribution in [0.25, 0.3) is 22.3 Å². The van der Waals surface area contributed by atoms with Crippen LogP contribution < -0.4 is 0 Å². The Morgan fingerprint density at radius 3 is 2.07 bits per heavy atom. The van der Waals surface area contributed by atoms with E-state index in [2.05, 4.69) is 74.5 Å². The molecule has 4 rings (SSSR count). The van der Waals surface area contributed by atoms with Crippen molar-refractivity contribution in [2.75, 3.05) is 0 Å². The average molecular weight is 354 g/mol. The summed E-state index contributed by atoms with van der Waals surface area (Å²) in [6.45, 7) is 4.62. The Kier molecular flexibility index (Phi) is 5.16. The maximum absolute atomic E-state index is 3.14. The van der Waals surface area contributed by atoms with Gasteiger partial charge < -0.3 is 0 Å². The topological polar surface area (TPSA) is 0 Å².